The lowest BCUT2D eigenvalue weighted by Crippen LogP contribution is -2.43. The van der Waals surface area contributed by atoms with Crippen molar-refractivity contribution in [1.82, 2.24) is 10.6 Å². The van der Waals surface area contributed by atoms with E-state index in [4.69, 9.17) is 5.11 Å². The summed E-state index contributed by atoms with van der Waals surface area (Å²) in [4.78, 5) is 11.1. The largest absolute Gasteiger partial charge is 0.508 e. The Kier molecular flexibility index (Phi) is 1.93. The van der Waals surface area contributed by atoms with E-state index in [2.05, 4.69) is 10.6 Å². The van der Waals surface area contributed by atoms with E-state index in [1.54, 1.807) is 24.3 Å². The van der Waals surface area contributed by atoms with Crippen LogP contribution in [0.4, 0.5) is 0 Å². The third kappa shape index (κ3) is 1.44. The van der Waals surface area contributed by atoms with Gasteiger partial charge in [-0.2, -0.15) is 0 Å². The first kappa shape index (κ1) is 9.02. The molecular weight excluding hydrogens is 180 g/mol. The minimum atomic E-state index is -0.509. The SMILES string of the molecule is CC1(c2ccc(O)cc2)NCC(=O)N1. The van der Waals surface area contributed by atoms with Gasteiger partial charge in [0, 0.05) is 0 Å². The first-order chi connectivity index (χ1) is 6.60. The molecule has 4 heteroatoms. The van der Waals surface area contributed by atoms with Gasteiger partial charge in [-0.1, -0.05) is 12.1 Å². The molecule has 74 valence electrons. The molecule has 4 nitrogen and oxygen atoms in total. The predicted octanol–water partition coefficient (Wildman–Crippen LogP) is 0.284. The zero-order valence-corrected chi connectivity index (χ0v) is 7.87. The molecule has 0 aromatic heterocycles. The van der Waals surface area contributed by atoms with Crippen LogP contribution in [0.25, 0.3) is 0 Å². The molecule has 1 aromatic carbocycles. The Bertz CT molecular complexity index is 361. The van der Waals surface area contributed by atoms with Crippen LogP contribution in [0.3, 0.4) is 0 Å². The molecule has 1 fully saturated rings. The number of carbonyl (C=O) groups excluding carboxylic acids is 1. The number of hydrogen-bond donors (Lipinski definition) is 3. The molecule has 1 aliphatic rings. The summed E-state index contributed by atoms with van der Waals surface area (Å²) >= 11 is 0. The van der Waals surface area contributed by atoms with E-state index >= 15 is 0 Å². The maximum absolute atomic E-state index is 11.1. The Hall–Kier alpha value is -1.55. The second-order valence-corrected chi connectivity index (χ2v) is 3.57. The maximum Gasteiger partial charge on any atom is 0.235 e. The fourth-order valence-electron chi connectivity index (χ4n) is 1.59. The van der Waals surface area contributed by atoms with Gasteiger partial charge in [-0.25, -0.2) is 0 Å². The highest BCUT2D eigenvalue weighted by molar-refractivity contribution is 5.81. The van der Waals surface area contributed by atoms with Crippen molar-refractivity contribution in [2.24, 2.45) is 0 Å². The Morgan fingerprint density at radius 1 is 1.36 bits per heavy atom. The zero-order valence-electron chi connectivity index (χ0n) is 7.87. The predicted molar refractivity (Wildman–Crippen MR) is 51.6 cm³/mol. The minimum absolute atomic E-state index is 0.0134. The maximum atomic E-state index is 11.1. The van der Waals surface area contributed by atoms with E-state index in [0.29, 0.717) is 6.54 Å². The quantitative estimate of drug-likeness (QED) is 0.599. The number of nitrogens with one attached hydrogen (secondary N) is 2. The Morgan fingerprint density at radius 2 is 2.00 bits per heavy atom. The number of rotatable bonds is 1. The number of amides is 1. The Balaban J connectivity index is 2.30. The summed E-state index contributed by atoms with van der Waals surface area (Å²) in [6.45, 7) is 2.22. The van der Waals surface area contributed by atoms with Crippen molar-refractivity contribution in [2.75, 3.05) is 6.54 Å². The van der Waals surface area contributed by atoms with E-state index in [0.717, 1.165) is 5.56 Å². The smallest absolute Gasteiger partial charge is 0.235 e. The van der Waals surface area contributed by atoms with Crippen LogP contribution in [0.1, 0.15) is 12.5 Å². The van der Waals surface area contributed by atoms with Gasteiger partial charge in [0.15, 0.2) is 0 Å². The van der Waals surface area contributed by atoms with Crippen molar-refractivity contribution in [1.29, 1.82) is 0 Å². The van der Waals surface area contributed by atoms with Gasteiger partial charge in [0.05, 0.1) is 6.54 Å². The van der Waals surface area contributed by atoms with Gasteiger partial charge in [0.2, 0.25) is 5.91 Å². The summed E-state index contributed by atoms with van der Waals surface area (Å²) in [7, 11) is 0. The summed E-state index contributed by atoms with van der Waals surface area (Å²) in [6, 6.07) is 6.78. The first-order valence-corrected chi connectivity index (χ1v) is 4.46. The Morgan fingerprint density at radius 3 is 2.50 bits per heavy atom. The fourth-order valence-corrected chi connectivity index (χ4v) is 1.59. The normalized spacial score (nSPS) is 26.2. The summed E-state index contributed by atoms with van der Waals surface area (Å²) in [5.74, 6) is 0.210. The fraction of sp³-hybridized carbons (Fsp3) is 0.300. The number of hydrogen-bond acceptors (Lipinski definition) is 3. The molecule has 0 radical (unpaired) electrons. The molecule has 1 atom stereocenters. The molecule has 0 aliphatic carbocycles. The zero-order chi connectivity index (χ0) is 10.2. The van der Waals surface area contributed by atoms with Crippen molar-refractivity contribution < 1.29 is 9.90 Å². The molecular formula is C10H12N2O2. The molecule has 1 aliphatic heterocycles. The van der Waals surface area contributed by atoms with Gasteiger partial charge in [-0.05, 0) is 24.6 Å². The van der Waals surface area contributed by atoms with E-state index in [9.17, 15) is 4.79 Å². The lowest BCUT2D eigenvalue weighted by atomic mass is 10.0. The number of carbonyl (C=O) groups is 1. The van der Waals surface area contributed by atoms with Crippen molar-refractivity contribution in [3.63, 3.8) is 0 Å². The molecule has 0 saturated carbocycles. The number of benzene rings is 1. The van der Waals surface area contributed by atoms with Crippen molar-refractivity contribution in [3.8, 4) is 5.75 Å². The van der Waals surface area contributed by atoms with Crippen molar-refractivity contribution >= 4 is 5.91 Å². The highest BCUT2D eigenvalue weighted by Crippen LogP contribution is 2.22. The highest BCUT2D eigenvalue weighted by Gasteiger charge is 2.33. The standard InChI is InChI=1S/C10H12N2O2/c1-10(11-6-9(14)12-10)7-2-4-8(13)5-3-7/h2-5,11,13H,6H2,1H3,(H,12,14). The van der Waals surface area contributed by atoms with Crippen LogP contribution in [-0.4, -0.2) is 17.6 Å². The van der Waals surface area contributed by atoms with Gasteiger partial charge in [0.1, 0.15) is 11.4 Å². The van der Waals surface area contributed by atoms with Gasteiger partial charge in [0.25, 0.3) is 0 Å². The third-order valence-corrected chi connectivity index (χ3v) is 2.44. The molecule has 1 saturated heterocycles. The molecule has 1 aromatic rings. The van der Waals surface area contributed by atoms with Crippen molar-refractivity contribution in [3.05, 3.63) is 29.8 Å². The van der Waals surface area contributed by atoms with Gasteiger partial charge < -0.3 is 10.4 Å². The molecule has 0 bridgehead atoms. The van der Waals surface area contributed by atoms with Crippen LogP contribution < -0.4 is 10.6 Å². The minimum Gasteiger partial charge on any atom is -0.508 e. The first-order valence-electron chi connectivity index (χ1n) is 4.46. The third-order valence-electron chi connectivity index (χ3n) is 2.44. The van der Waals surface area contributed by atoms with Crippen LogP contribution in [0, 0.1) is 0 Å². The van der Waals surface area contributed by atoms with Gasteiger partial charge in [-0.3, -0.25) is 10.1 Å². The van der Waals surface area contributed by atoms with Crippen LogP contribution >= 0.6 is 0 Å². The summed E-state index contributed by atoms with van der Waals surface area (Å²) in [6.07, 6.45) is 0. The van der Waals surface area contributed by atoms with E-state index in [-0.39, 0.29) is 11.7 Å². The lowest BCUT2D eigenvalue weighted by molar-refractivity contribution is -0.118. The summed E-state index contributed by atoms with van der Waals surface area (Å²) < 4.78 is 0. The molecule has 0 spiro atoms. The molecule has 1 heterocycles. The van der Waals surface area contributed by atoms with E-state index < -0.39 is 5.66 Å². The average molecular weight is 192 g/mol. The molecule has 3 N–H and O–H groups in total. The van der Waals surface area contributed by atoms with Crippen LogP contribution in [0.2, 0.25) is 0 Å². The molecule has 1 amide bonds. The van der Waals surface area contributed by atoms with Gasteiger partial charge in [-0.15, -0.1) is 0 Å². The summed E-state index contributed by atoms with van der Waals surface area (Å²) in [5, 5.41) is 15.0. The molecule has 14 heavy (non-hydrogen) atoms. The monoisotopic (exact) mass is 192 g/mol. The number of phenolic OH excluding ortho intramolecular Hbond substituents is 1. The van der Waals surface area contributed by atoms with E-state index in [1.807, 2.05) is 6.92 Å². The topological polar surface area (TPSA) is 61.4 Å². The number of aromatic hydroxyl groups is 1. The molecule has 1 unspecified atom stereocenters. The van der Waals surface area contributed by atoms with Crippen LogP contribution in [0.5, 0.6) is 5.75 Å². The van der Waals surface area contributed by atoms with Crippen LogP contribution in [0.15, 0.2) is 24.3 Å². The summed E-state index contributed by atoms with van der Waals surface area (Å²) in [5.41, 5.74) is 0.422. The van der Waals surface area contributed by atoms with Gasteiger partial charge >= 0.3 is 0 Å². The van der Waals surface area contributed by atoms with Crippen molar-refractivity contribution in [2.45, 2.75) is 12.6 Å². The van der Waals surface area contributed by atoms with Crippen LogP contribution in [-0.2, 0) is 10.5 Å². The lowest BCUT2D eigenvalue weighted by Gasteiger charge is -2.24. The average Bonchev–Trinajstić information content (AvgIpc) is 2.48. The number of phenols is 1. The second-order valence-electron chi connectivity index (χ2n) is 3.57. The second kappa shape index (κ2) is 2.99. The molecule has 2 rings (SSSR count). The highest BCUT2D eigenvalue weighted by atomic mass is 16.3. The van der Waals surface area contributed by atoms with E-state index in [1.165, 1.54) is 0 Å². The Labute approximate surface area is 81.9 Å².